The highest BCUT2D eigenvalue weighted by Crippen LogP contribution is 2.21. The maximum Gasteiger partial charge on any atom is 0.334 e. The van der Waals surface area contributed by atoms with Gasteiger partial charge in [0.1, 0.15) is 0 Å². The number of carboxylic acid groups (broad SMARTS) is 1. The number of halogens is 1. The predicted molar refractivity (Wildman–Crippen MR) is 65.6 cm³/mol. The van der Waals surface area contributed by atoms with Crippen LogP contribution in [0.3, 0.4) is 0 Å². The average Bonchev–Trinajstić information content (AvgIpc) is 2.56. The summed E-state index contributed by atoms with van der Waals surface area (Å²) in [6, 6.07) is 0. The van der Waals surface area contributed by atoms with Crippen molar-refractivity contribution >= 4 is 17.6 Å². The molecular weight excluding hydrogens is 258 g/mol. The van der Waals surface area contributed by atoms with Gasteiger partial charge >= 0.3 is 5.97 Å². The molecule has 0 bridgehead atoms. The van der Waals surface area contributed by atoms with Crippen LogP contribution < -0.4 is 0 Å². The number of hydrogen-bond acceptors (Lipinski definition) is 4. The molecule has 1 atom stereocenters. The van der Waals surface area contributed by atoms with Gasteiger partial charge in [0.15, 0.2) is 6.10 Å². The largest absolute Gasteiger partial charge is 0.479 e. The van der Waals surface area contributed by atoms with Crippen LogP contribution in [0.4, 0.5) is 0 Å². The summed E-state index contributed by atoms with van der Waals surface area (Å²) in [5, 5.41) is 13.8. The molecule has 18 heavy (non-hydrogen) atoms. The molecule has 1 aliphatic heterocycles. The van der Waals surface area contributed by atoms with Crippen molar-refractivity contribution in [2.45, 2.75) is 19.6 Å². The van der Waals surface area contributed by atoms with Crippen molar-refractivity contribution in [2.75, 3.05) is 19.7 Å². The summed E-state index contributed by atoms with van der Waals surface area (Å²) in [5.74, 6) is -0.924. The second kappa shape index (κ2) is 5.26. The number of carbonyl (C=O) groups is 1. The molecule has 0 aliphatic carbocycles. The number of aromatic nitrogens is 2. The fourth-order valence-corrected chi connectivity index (χ4v) is 2.28. The zero-order chi connectivity index (χ0) is 13.3. The third-order valence-electron chi connectivity index (χ3n) is 3.06. The number of hydrogen-bond donors (Lipinski definition) is 1. The maximum absolute atomic E-state index is 10.9. The van der Waals surface area contributed by atoms with Gasteiger partial charge in [0.2, 0.25) is 0 Å². The van der Waals surface area contributed by atoms with Crippen molar-refractivity contribution in [1.82, 2.24) is 14.7 Å². The summed E-state index contributed by atoms with van der Waals surface area (Å²) in [6.07, 6.45) is -0.758. The van der Waals surface area contributed by atoms with Crippen molar-refractivity contribution in [3.8, 4) is 0 Å². The Morgan fingerprint density at radius 3 is 2.94 bits per heavy atom. The van der Waals surface area contributed by atoms with Crippen molar-refractivity contribution < 1.29 is 14.6 Å². The van der Waals surface area contributed by atoms with Gasteiger partial charge in [-0.3, -0.25) is 9.58 Å². The lowest BCUT2D eigenvalue weighted by Gasteiger charge is -2.30. The van der Waals surface area contributed by atoms with Crippen LogP contribution >= 0.6 is 11.6 Å². The molecular formula is C11H16ClN3O3. The van der Waals surface area contributed by atoms with Gasteiger partial charge in [0, 0.05) is 26.7 Å². The van der Waals surface area contributed by atoms with Gasteiger partial charge in [-0.2, -0.15) is 5.10 Å². The number of morpholine rings is 1. The van der Waals surface area contributed by atoms with Gasteiger partial charge in [-0.05, 0) is 6.92 Å². The lowest BCUT2D eigenvalue weighted by atomic mass is 10.2. The zero-order valence-corrected chi connectivity index (χ0v) is 11.1. The summed E-state index contributed by atoms with van der Waals surface area (Å²) in [7, 11) is 1.84. The SMILES string of the molecule is Cc1nn(C)c(CN2CCOC(C(=O)O)C2)c1Cl. The van der Waals surface area contributed by atoms with Crippen LogP contribution in [0, 0.1) is 6.92 Å². The molecule has 0 saturated carbocycles. The van der Waals surface area contributed by atoms with E-state index < -0.39 is 12.1 Å². The number of ether oxygens (including phenoxy) is 1. The lowest BCUT2D eigenvalue weighted by Crippen LogP contribution is -2.45. The third kappa shape index (κ3) is 2.66. The summed E-state index contributed by atoms with van der Waals surface area (Å²) in [5.41, 5.74) is 1.69. The highest BCUT2D eigenvalue weighted by Gasteiger charge is 2.27. The standard InChI is InChI=1S/C11H16ClN3O3/c1-7-10(12)8(14(2)13-7)5-15-3-4-18-9(6-15)11(16)17/h9H,3-6H2,1-2H3,(H,16,17). The molecule has 6 nitrogen and oxygen atoms in total. The van der Waals surface area contributed by atoms with Crippen molar-refractivity contribution in [3.63, 3.8) is 0 Å². The maximum atomic E-state index is 10.9. The Balaban J connectivity index is 2.07. The number of aryl methyl sites for hydroxylation is 2. The molecule has 0 spiro atoms. The Morgan fingerprint density at radius 1 is 1.67 bits per heavy atom. The molecule has 1 unspecified atom stereocenters. The normalized spacial score (nSPS) is 21.2. The quantitative estimate of drug-likeness (QED) is 0.877. The van der Waals surface area contributed by atoms with Crippen LogP contribution in [0.15, 0.2) is 0 Å². The first-order valence-electron chi connectivity index (χ1n) is 5.73. The topological polar surface area (TPSA) is 67.6 Å². The summed E-state index contributed by atoms with van der Waals surface area (Å²) < 4.78 is 6.92. The lowest BCUT2D eigenvalue weighted by molar-refractivity contribution is -0.156. The molecule has 7 heteroatoms. The van der Waals surface area contributed by atoms with E-state index >= 15 is 0 Å². The van der Waals surface area contributed by atoms with Crippen LogP contribution in [-0.2, 0) is 23.1 Å². The van der Waals surface area contributed by atoms with E-state index in [1.807, 2.05) is 18.9 Å². The molecule has 1 aromatic rings. The van der Waals surface area contributed by atoms with Gasteiger partial charge < -0.3 is 9.84 Å². The van der Waals surface area contributed by atoms with Gasteiger partial charge in [0.25, 0.3) is 0 Å². The van der Waals surface area contributed by atoms with E-state index in [0.717, 1.165) is 11.4 Å². The van der Waals surface area contributed by atoms with E-state index in [1.165, 1.54) is 0 Å². The Morgan fingerprint density at radius 2 is 2.39 bits per heavy atom. The second-order valence-corrected chi connectivity index (χ2v) is 4.78. The average molecular weight is 274 g/mol. The van der Waals surface area contributed by atoms with E-state index in [2.05, 4.69) is 5.10 Å². The number of aliphatic carboxylic acids is 1. The molecule has 0 amide bonds. The van der Waals surface area contributed by atoms with Crippen LogP contribution in [-0.4, -0.2) is 51.6 Å². The Kier molecular flexibility index (Phi) is 3.89. The second-order valence-electron chi connectivity index (χ2n) is 4.40. The highest BCUT2D eigenvalue weighted by molar-refractivity contribution is 6.31. The molecule has 1 N–H and O–H groups in total. The van der Waals surface area contributed by atoms with E-state index in [0.29, 0.717) is 31.3 Å². The van der Waals surface area contributed by atoms with E-state index in [-0.39, 0.29) is 0 Å². The van der Waals surface area contributed by atoms with Gasteiger partial charge in [-0.1, -0.05) is 11.6 Å². The zero-order valence-electron chi connectivity index (χ0n) is 10.4. The molecule has 100 valence electrons. The van der Waals surface area contributed by atoms with Crippen LogP contribution in [0.5, 0.6) is 0 Å². The van der Waals surface area contributed by atoms with E-state index in [9.17, 15) is 4.79 Å². The number of rotatable bonds is 3. The molecule has 1 saturated heterocycles. The van der Waals surface area contributed by atoms with Gasteiger partial charge in [-0.15, -0.1) is 0 Å². The minimum Gasteiger partial charge on any atom is -0.479 e. The molecule has 1 aromatic heterocycles. The fraction of sp³-hybridized carbons (Fsp3) is 0.636. The number of carboxylic acids is 1. The molecule has 0 aromatic carbocycles. The monoisotopic (exact) mass is 273 g/mol. The van der Waals surface area contributed by atoms with Crippen LogP contribution in [0.25, 0.3) is 0 Å². The van der Waals surface area contributed by atoms with Crippen LogP contribution in [0.1, 0.15) is 11.4 Å². The first kappa shape index (κ1) is 13.3. The Hall–Kier alpha value is -1.11. The molecule has 1 aliphatic rings. The number of nitrogens with zero attached hydrogens (tertiary/aromatic N) is 3. The Labute approximate surface area is 110 Å². The van der Waals surface area contributed by atoms with Gasteiger partial charge in [-0.25, -0.2) is 4.79 Å². The minimum absolute atomic E-state index is 0.371. The predicted octanol–water partition coefficient (Wildman–Crippen LogP) is 0.667. The molecule has 2 heterocycles. The highest BCUT2D eigenvalue weighted by atomic mass is 35.5. The molecule has 0 radical (unpaired) electrons. The first-order valence-corrected chi connectivity index (χ1v) is 6.11. The summed E-state index contributed by atoms with van der Waals surface area (Å²) in [6.45, 7) is 3.93. The first-order chi connectivity index (χ1) is 8.49. The van der Waals surface area contributed by atoms with E-state index in [1.54, 1.807) is 4.68 Å². The smallest absolute Gasteiger partial charge is 0.334 e. The summed E-state index contributed by atoms with van der Waals surface area (Å²) in [4.78, 5) is 12.9. The van der Waals surface area contributed by atoms with Crippen molar-refractivity contribution in [3.05, 3.63) is 16.4 Å². The summed E-state index contributed by atoms with van der Waals surface area (Å²) >= 11 is 6.17. The van der Waals surface area contributed by atoms with Crippen molar-refractivity contribution in [2.24, 2.45) is 7.05 Å². The fourth-order valence-electron chi connectivity index (χ4n) is 2.06. The van der Waals surface area contributed by atoms with Gasteiger partial charge in [0.05, 0.1) is 23.0 Å². The third-order valence-corrected chi connectivity index (χ3v) is 3.55. The van der Waals surface area contributed by atoms with Crippen LogP contribution in [0.2, 0.25) is 5.02 Å². The van der Waals surface area contributed by atoms with Crippen molar-refractivity contribution in [1.29, 1.82) is 0 Å². The van der Waals surface area contributed by atoms with E-state index in [4.69, 9.17) is 21.4 Å². The minimum atomic E-state index is -0.924. The molecule has 2 rings (SSSR count). The Bertz CT molecular complexity index is 461. The molecule has 1 fully saturated rings.